The van der Waals surface area contributed by atoms with Gasteiger partial charge in [-0.05, 0) is 32.0 Å². The van der Waals surface area contributed by atoms with Crippen LogP contribution in [-0.2, 0) is 0 Å². The van der Waals surface area contributed by atoms with Gasteiger partial charge in [0, 0.05) is 19.0 Å². The second-order valence-corrected chi connectivity index (χ2v) is 5.90. The second-order valence-electron chi connectivity index (χ2n) is 5.90. The fraction of sp³-hybridized carbons (Fsp3) is 0.588. The summed E-state index contributed by atoms with van der Waals surface area (Å²) in [6.07, 6.45) is 7.61. The van der Waals surface area contributed by atoms with Crippen molar-refractivity contribution in [2.45, 2.75) is 51.0 Å². The van der Waals surface area contributed by atoms with Crippen molar-refractivity contribution >= 4 is 5.78 Å². The van der Waals surface area contributed by atoms with E-state index in [1.165, 1.54) is 50.7 Å². The van der Waals surface area contributed by atoms with Gasteiger partial charge < -0.3 is 4.90 Å². The molecule has 0 aliphatic heterocycles. The predicted molar refractivity (Wildman–Crippen MR) is 79.4 cm³/mol. The Morgan fingerprint density at radius 2 is 1.86 bits per heavy atom. The van der Waals surface area contributed by atoms with Crippen LogP contribution in [0, 0.1) is 11.6 Å². The Kier molecular flexibility index (Phi) is 5.85. The lowest BCUT2D eigenvalue weighted by molar-refractivity contribution is 0.0952. The van der Waals surface area contributed by atoms with Crippen LogP contribution < -0.4 is 0 Å². The van der Waals surface area contributed by atoms with Gasteiger partial charge in [-0.3, -0.25) is 4.79 Å². The summed E-state index contributed by atoms with van der Waals surface area (Å²) in [7, 11) is 2.02. The Morgan fingerprint density at radius 1 is 1.19 bits per heavy atom. The molecule has 0 amide bonds. The average Bonchev–Trinajstić information content (AvgIpc) is 2.76. The third-order valence-corrected chi connectivity index (χ3v) is 4.39. The number of nitrogens with zero attached hydrogens (tertiary/aromatic N) is 1. The zero-order valence-corrected chi connectivity index (χ0v) is 12.6. The lowest BCUT2D eigenvalue weighted by atomic mass is 10.0. The molecule has 1 fully saturated rings. The van der Waals surface area contributed by atoms with Crippen LogP contribution in [0.5, 0.6) is 0 Å². The van der Waals surface area contributed by atoms with Gasteiger partial charge in [0.15, 0.2) is 17.4 Å². The molecular formula is C17H23F2NO. The van der Waals surface area contributed by atoms with Gasteiger partial charge in [-0.1, -0.05) is 31.7 Å². The third kappa shape index (κ3) is 4.34. The van der Waals surface area contributed by atoms with Crippen molar-refractivity contribution in [2.24, 2.45) is 0 Å². The van der Waals surface area contributed by atoms with Crippen molar-refractivity contribution in [1.29, 1.82) is 0 Å². The summed E-state index contributed by atoms with van der Waals surface area (Å²) in [5.41, 5.74) is -0.135. The first-order chi connectivity index (χ1) is 10.1. The molecule has 0 N–H and O–H groups in total. The largest absolute Gasteiger partial charge is 0.303 e. The summed E-state index contributed by atoms with van der Waals surface area (Å²) < 4.78 is 26.7. The fourth-order valence-electron chi connectivity index (χ4n) is 3.01. The minimum Gasteiger partial charge on any atom is -0.303 e. The smallest absolute Gasteiger partial charge is 0.169 e. The van der Waals surface area contributed by atoms with Crippen molar-refractivity contribution in [2.75, 3.05) is 13.6 Å². The Labute approximate surface area is 125 Å². The monoisotopic (exact) mass is 295 g/mol. The van der Waals surface area contributed by atoms with Crippen molar-refractivity contribution in [3.05, 3.63) is 35.4 Å². The van der Waals surface area contributed by atoms with E-state index in [0.29, 0.717) is 12.6 Å². The standard InChI is InChI=1S/C17H23F2NO/c1-20(13-7-4-2-3-5-8-13)12-11-16(21)14-9-6-10-15(18)17(14)19/h6,9-10,13H,2-5,7-8,11-12H2,1H3. The summed E-state index contributed by atoms with van der Waals surface area (Å²) in [4.78, 5) is 14.2. The maximum absolute atomic E-state index is 13.6. The topological polar surface area (TPSA) is 20.3 Å². The maximum atomic E-state index is 13.6. The molecule has 116 valence electrons. The van der Waals surface area contributed by atoms with E-state index in [2.05, 4.69) is 4.90 Å². The van der Waals surface area contributed by atoms with Crippen LogP contribution in [0.1, 0.15) is 55.3 Å². The van der Waals surface area contributed by atoms with Gasteiger partial charge in [0.2, 0.25) is 0 Å². The van der Waals surface area contributed by atoms with Crippen LogP contribution >= 0.6 is 0 Å². The maximum Gasteiger partial charge on any atom is 0.169 e. The third-order valence-electron chi connectivity index (χ3n) is 4.39. The number of hydrogen-bond donors (Lipinski definition) is 0. The van der Waals surface area contributed by atoms with Crippen LogP contribution in [0.3, 0.4) is 0 Å². The number of rotatable bonds is 5. The van der Waals surface area contributed by atoms with Crippen LogP contribution in [0.4, 0.5) is 8.78 Å². The highest BCUT2D eigenvalue weighted by Gasteiger charge is 2.19. The van der Waals surface area contributed by atoms with Gasteiger partial charge in [0.25, 0.3) is 0 Å². The number of Topliss-reactive ketones (excluding diaryl/α,β-unsaturated/α-hetero) is 1. The number of hydrogen-bond acceptors (Lipinski definition) is 2. The molecule has 0 aromatic heterocycles. The molecule has 1 aromatic rings. The molecule has 0 atom stereocenters. The molecule has 1 aliphatic carbocycles. The lowest BCUT2D eigenvalue weighted by Gasteiger charge is -2.26. The average molecular weight is 295 g/mol. The normalized spacial score (nSPS) is 17.0. The van der Waals surface area contributed by atoms with Gasteiger partial charge in [0.05, 0.1) is 5.56 Å². The Hall–Kier alpha value is -1.29. The number of halogens is 2. The van der Waals surface area contributed by atoms with Crippen molar-refractivity contribution in [1.82, 2.24) is 4.90 Å². The molecule has 0 saturated heterocycles. The van der Waals surface area contributed by atoms with Gasteiger partial charge in [-0.25, -0.2) is 8.78 Å². The molecule has 4 heteroatoms. The summed E-state index contributed by atoms with van der Waals surface area (Å²) in [5, 5.41) is 0. The zero-order valence-electron chi connectivity index (χ0n) is 12.6. The van der Waals surface area contributed by atoms with Crippen LogP contribution in [0.15, 0.2) is 18.2 Å². The van der Waals surface area contributed by atoms with Crippen molar-refractivity contribution in [3.8, 4) is 0 Å². The molecule has 0 radical (unpaired) electrons. The van der Waals surface area contributed by atoms with E-state index in [4.69, 9.17) is 0 Å². The first-order valence-corrected chi connectivity index (χ1v) is 7.77. The summed E-state index contributed by atoms with van der Waals surface area (Å²) in [6.45, 7) is 0.597. The Bertz CT molecular complexity index is 482. The molecule has 0 spiro atoms. The van der Waals surface area contributed by atoms with E-state index in [1.807, 2.05) is 7.05 Å². The van der Waals surface area contributed by atoms with Gasteiger partial charge in [-0.2, -0.15) is 0 Å². The molecule has 1 aromatic carbocycles. The molecule has 0 unspecified atom stereocenters. The van der Waals surface area contributed by atoms with E-state index in [0.717, 1.165) is 6.07 Å². The van der Waals surface area contributed by atoms with Gasteiger partial charge in [-0.15, -0.1) is 0 Å². The van der Waals surface area contributed by atoms with Crippen LogP contribution in [0.2, 0.25) is 0 Å². The lowest BCUT2D eigenvalue weighted by Crippen LogP contribution is -2.33. The van der Waals surface area contributed by atoms with Crippen molar-refractivity contribution < 1.29 is 13.6 Å². The SMILES string of the molecule is CN(CCC(=O)c1cccc(F)c1F)C1CCCCCC1. The van der Waals surface area contributed by atoms with Gasteiger partial charge in [0.1, 0.15) is 0 Å². The van der Waals surface area contributed by atoms with Crippen molar-refractivity contribution in [3.63, 3.8) is 0 Å². The molecule has 2 rings (SSSR count). The highest BCUT2D eigenvalue weighted by atomic mass is 19.2. The summed E-state index contributed by atoms with van der Waals surface area (Å²) >= 11 is 0. The minimum atomic E-state index is -1.03. The number of carbonyl (C=O) groups is 1. The number of carbonyl (C=O) groups excluding carboxylic acids is 1. The zero-order chi connectivity index (χ0) is 15.2. The first-order valence-electron chi connectivity index (χ1n) is 7.77. The van der Waals surface area contributed by atoms with E-state index in [9.17, 15) is 13.6 Å². The number of ketones is 1. The van der Waals surface area contributed by atoms with E-state index < -0.39 is 11.6 Å². The molecule has 21 heavy (non-hydrogen) atoms. The predicted octanol–water partition coefficient (Wildman–Crippen LogP) is 4.19. The highest BCUT2D eigenvalue weighted by molar-refractivity contribution is 5.96. The van der Waals surface area contributed by atoms with E-state index in [1.54, 1.807) is 0 Å². The molecular weight excluding hydrogens is 272 g/mol. The second kappa shape index (κ2) is 7.64. The molecule has 2 nitrogen and oxygen atoms in total. The minimum absolute atomic E-state index is 0.135. The van der Waals surface area contributed by atoms with Gasteiger partial charge >= 0.3 is 0 Å². The highest BCUT2D eigenvalue weighted by Crippen LogP contribution is 2.21. The fourth-order valence-corrected chi connectivity index (χ4v) is 3.01. The number of benzene rings is 1. The Morgan fingerprint density at radius 3 is 2.52 bits per heavy atom. The summed E-state index contributed by atoms with van der Waals surface area (Å²) in [6, 6.07) is 4.27. The van der Waals surface area contributed by atoms with E-state index in [-0.39, 0.29) is 17.8 Å². The van der Waals surface area contributed by atoms with Crippen LogP contribution in [0.25, 0.3) is 0 Å². The summed E-state index contributed by atoms with van der Waals surface area (Å²) in [5.74, 6) is -2.31. The molecule has 1 saturated carbocycles. The first kappa shape index (κ1) is 16.1. The van der Waals surface area contributed by atoms with Crippen LogP contribution in [-0.4, -0.2) is 30.3 Å². The quantitative estimate of drug-likeness (QED) is 0.599. The molecule has 0 bridgehead atoms. The molecule has 0 heterocycles. The van der Waals surface area contributed by atoms with E-state index >= 15 is 0 Å². The molecule has 1 aliphatic rings. The Balaban J connectivity index is 1.89.